The van der Waals surface area contributed by atoms with Crippen LogP contribution in [0.1, 0.15) is 51.4 Å². The minimum atomic E-state index is -0.782. The lowest BCUT2D eigenvalue weighted by atomic mass is 9.70. The monoisotopic (exact) mass is 344 g/mol. The molecule has 6 aliphatic rings. The van der Waals surface area contributed by atoms with Gasteiger partial charge >= 0.3 is 11.9 Å². The number of hydrogen-bond acceptors (Lipinski definition) is 3. The molecule has 25 heavy (non-hydrogen) atoms. The molecule has 4 nitrogen and oxygen atoms in total. The van der Waals surface area contributed by atoms with Crippen LogP contribution >= 0.6 is 0 Å². The second-order valence-electron chi connectivity index (χ2n) is 10.1. The molecule has 0 heterocycles. The van der Waals surface area contributed by atoms with Gasteiger partial charge in [0.15, 0.2) is 0 Å². The van der Waals surface area contributed by atoms with Crippen molar-refractivity contribution in [2.24, 2.45) is 59.2 Å². The third-order valence-corrected chi connectivity index (χ3v) is 9.41. The van der Waals surface area contributed by atoms with E-state index in [1.165, 1.54) is 25.7 Å². The van der Waals surface area contributed by atoms with E-state index < -0.39 is 11.9 Å². The molecule has 4 heteroatoms. The Kier molecular flexibility index (Phi) is 3.02. The molecular weight excluding hydrogens is 316 g/mol. The van der Waals surface area contributed by atoms with Crippen LogP contribution < -0.4 is 0 Å². The molecule has 6 bridgehead atoms. The summed E-state index contributed by atoms with van der Waals surface area (Å²) in [6.45, 7) is 0. The van der Waals surface area contributed by atoms with Gasteiger partial charge in [0.05, 0.1) is 11.8 Å². The van der Waals surface area contributed by atoms with Crippen LogP contribution in [0, 0.1) is 59.2 Å². The first-order valence-electron chi connectivity index (χ1n) is 10.5. The SMILES string of the molecule is O=C(O)C1C2CCC(C2)C1C(=O)OC1CC2CC1C1C3CCC(C3)C21. The summed E-state index contributed by atoms with van der Waals surface area (Å²) in [6.07, 6.45) is 9.57. The van der Waals surface area contributed by atoms with Crippen molar-refractivity contribution in [2.45, 2.75) is 57.5 Å². The predicted molar refractivity (Wildman–Crippen MR) is 89.4 cm³/mol. The summed E-state index contributed by atoms with van der Waals surface area (Å²) in [6, 6.07) is 0. The zero-order valence-electron chi connectivity index (χ0n) is 14.7. The number of carbonyl (C=O) groups is 2. The Labute approximate surface area is 148 Å². The fourth-order valence-corrected chi connectivity index (χ4v) is 8.85. The number of ether oxygens (including phenoxy) is 1. The summed E-state index contributed by atoms with van der Waals surface area (Å²) in [5, 5.41) is 9.61. The van der Waals surface area contributed by atoms with Crippen LogP contribution in [-0.2, 0) is 14.3 Å². The summed E-state index contributed by atoms with van der Waals surface area (Å²) in [5.74, 6) is 3.60. The van der Waals surface area contributed by atoms with Gasteiger partial charge in [-0.3, -0.25) is 9.59 Å². The maximum Gasteiger partial charge on any atom is 0.310 e. The summed E-state index contributed by atoms with van der Waals surface area (Å²) >= 11 is 0. The van der Waals surface area contributed by atoms with Gasteiger partial charge in [-0.05, 0) is 98.7 Å². The van der Waals surface area contributed by atoms with Crippen molar-refractivity contribution < 1.29 is 19.4 Å². The Morgan fingerprint density at radius 1 is 0.720 bits per heavy atom. The van der Waals surface area contributed by atoms with Gasteiger partial charge in [-0.15, -0.1) is 0 Å². The van der Waals surface area contributed by atoms with Crippen molar-refractivity contribution in [2.75, 3.05) is 0 Å². The molecule has 0 saturated heterocycles. The molecular formula is C21H28O4. The van der Waals surface area contributed by atoms with E-state index >= 15 is 0 Å². The van der Waals surface area contributed by atoms with E-state index in [1.54, 1.807) is 0 Å². The number of esters is 1. The Bertz CT molecular complexity index is 629. The van der Waals surface area contributed by atoms with Gasteiger partial charge in [0.2, 0.25) is 0 Å². The van der Waals surface area contributed by atoms with Gasteiger partial charge in [0, 0.05) is 0 Å². The van der Waals surface area contributed by atoms with Gasteiger partial charge in [-0.25, -0.2) is 0 Å². The quantitative estimate of drug-likeness (QED) is 0.630. The molecule has 11 atom stereocenters. The summed E-state index contributed by atoms with van der Waals surface area (Å²) in [4.78, 5) is 24.6. The maximum atomic E-state index is 12.9. The van der Waals surface area contributed by atoms with Crippen LogP contribution in [0.15, 0.2) is 0 Å². The van der Waals surface area contributed by atoms with Gasteiger partial charge in [-0.1, -0.05) is 0 Å². The lowest BCUT2D eigenvalue weighted by Crippen LogP contribution is -2.41. The van der Waals surface area contributed by atoms with Crippen molar-refractivity contribution in [1.82, 2.24) is 0 Å². The molecule has 0 aliphatic heterocycles. The van der Waals surface area contributed by atoms with Crippen molar-refractivity contribution >= 4 is 11.9 Å². The second-order valence-corrected chi connectivity index (χ2v) is 10.1. The topological polar surface area (TPSA) is 63.6 Å². The predicted octanol–water partition coefficient (Wildman–Crippen LogP) is 3.35. The normalized spacial score (nSPS) is 57.2. The summed E-state index contributed by atoms with van der Waals surface area (Å²) < 4.78 is 6.08. The van der Waals surface area contributed by atoms with E-state index in [1.807, 2.05) is 0 Å². The molecule has 6 rings (SSSR count). The number of rotatable bonds is 3. The van der Waals surface area contributed by atoms with Crippen molar-refractivity contribution in [1.29, 1.82) is 0 Å². The average molecular weight is 344 g/mol. The Morgan fingerprint density at radius 2 is 1.36 bits per heavy atom. The zero-order chi connectivity index (χ0) is 16.9. The number of fused-ring (bicyclic) bond motifs is 11. The number of carboxylic acid groups (broad SMARTS) is 1. The van der Waals surface area contributed by atoms with E-state index in [-0.39, 0.29) is 29.8 Å². The molecule has 6 aliphatic carbocycles. The van der Waals surface area contributed by atoms with E-state index in [9.17, 15) is 14.7 Å². The molecule has 136 valence electrons. The van der Waals surface area contributed by atoms with Gasteiger partial charge in [0.1, 0.15) is 6.10 Å². The molecule has 0 amide bonds. The smallest absolute Gasteiger partial charge is 0.310 e. The van der Waals surface area contributed by atoms with Crippen LogP contribution in [0.3, 0.4) is 0 Å². The third kappa shape index (κ3) is 1.89. The molecule has 6 saturated carbocycles. The largest absolute Gasteiger partial charge is 0.481 e. The van der Waals surface area contributed by atoms with E-state index in [0.717, 1.165) is 55.3 Å². The molecule has 0 aromatic heterocycles. The first kappa shape index (κ1) is 15.0. The number of carbonyl (C=O) groups excluding carboxylic acids is 1. The van der Waals surface area contributed by atoms with Crippen LogP contribution in [0.4, 0.5) is 0 Å². The molecule has 0 aromatic carbocycles. The Morgan fingerprint density at radius 3 is 2.12 bits per heavy atom. The standard InChI is InChI=1S/C21H28O4/c22-20(23)18-11-3-4-12(6-11)19(18)21(24)25-15-8-13-7-14(15)17-10-2-1-9(5-10)16(13)17/h9-19H,1-8H2,(H,22,23). The van der Waals surface area contributed by atoms with Crippen molar-refractivity contribution in [3.63, 3.8) is 0 Å². The molecule has 1 N–H and O–H groups in total. The second kappa shape index (κ2) is 5.01. The Hall–Kier alpha value is -1.06. The maximum absolute atomic E-state index is 12.9. The molecule has 6 fully saturated rings. The minimum Gasteiger partial charge on any atom is -0.481 e. The van der Waals surface area contributed by atoms with Crippen LogP contribution in [0.25, 0.3) is 0 Å². The summed E-state index contributed by atoms with van der Waals surface area (Å²) in [7, 11) is 0. The van der Waals surface area contributed by atoms with E-state index in [0.29, 0.717) is 5.92 Å². The first-order chi connectivity index (χ1) is 12.1. The lowest BCUT2D eigenvalue weighted by Gasteiger charge is -2.39. The van der Waals surface area contributed by atoms with E-state index in [2.05, 4.69) is 0 Å². The number of carboxylic acids is 1. The molecule has 0 radical (unpaired) electrons. The minimum absolute atomic E-state index is 0.0895. The highest BCUT2D eigenvalue weighted by Gasteiger charge is 2.63. The van der Waals surface area contributed by atoms with Crippen LogP contribution in [-0.4, -0.2) is 23.1 Å². The highest BCUT2D eigenvalue weighted by molar-refractivity contribution is 5.83. The Balaban J connectivity index is 1.19. The van der Waals surface area contributed by atoms with Gasteiger partial charge < -0.3 is 9.84 Å². The van der Waals surface area contributed by atoms with Crippen LogP contribution in [0.5, 0.6) is 0 Å². The van der Waals surface area contributed by atoms with Crippen molar-refractivity contribution in [3.05, 3.63) is 0 Å². The zero-order valence-corrected chi connectivity index (χ0v) is 14.7. The highest BCUT2D eigenvalue weighted by atomic mass is 16.5. The average Bonchev–Trinajstić information content (AvgIpc) is 3.39. The fraction of sp³-hybridized carbons (Fsp3) is 0.905. The van der Waals surface area contributed by atoms with Crippen molar-refractivity contribution in [3.8, 4) is 0 Å². The van der Waals surface area contributed by atoms with Crippen LogP contribution in [0.2, 0.25) is 0 Å². The molecule has 0 spiro atoms. The lowest BCUT2D eigenvalue weighted by molar-refractivity contribution is -0.168. The van der Waals surface area contributed by atoms with E-state index in [4.69, 9.17) is 4.74 Å². The van der Waals surface area contributed by atoms with Gasteiger partial charge in [-0.2, -0.15) is 0 Å². The highest BCUT2D eigenvalue weighted by Crippen LogP contribution is 2.68. The third-order valence-electron chi connectivity index (χ3n) is 9.41. The molecule has 11 unspecified atom stereocenters. The first-order valence-corrected chi connectivity index (χ1v) is 10.5. The number of aliphatic carboxylic acids is 1. The summed E-state index contributed by atoms with van der Waals surface area (Å²) in [5.41, 5.74) is 0. The fourth-order valence-electron chi connectivity index (χ4n) is 8.85. The van der Waals surface area contributed by atoms with Gasteiger partial charge in [0.25, 0.3) is 0 Å². The molecule has 0 aromatic rings. The number of hydrogen-bond donors (Lipinski definition) is 1.